The molecule has 1 aromatic carbocycles. The Morgan fingerprint density at radius 1 is 1.12 bits per heavy atom. The molecule has 0 bridgehead atoms. The zero-order chi connectivity index (χ0) is 11.4. The summed E-state index contributed by atoms with van der Waals surface area (Å²) in [7, 11) is 0. The summed E-state index contributed by atoms with van der Waals surface area (Å²) in [4.78, 5) is 4.22. The van der Waals surface area contributed by atoms with Crippen molar-refractivity contribution in [3.05, 3.63) is 60.2 Å². The number of benzene rings is 1. The SMILES string of the molecule is CC(Nc1ccccc1F)c1ccccn1. The molecule has 0 aliphatic rings. The van der Waals surface area contributed by atoms with Crippen LogP contribution in [-0.4, -0.2) is 4.98 Å². The molecule has 0 saturated heterocycles. The molecule has 1 unspecified atom stereocenters. The number of hydrogen-bond acceptors (Lipinski definition) is 2. The third kappa shape index (κ3) is 2.37. The molecule has 0 radical (unpaired) electrons. The predicted octanol–water partition coefficient (Wildman–Crippen LogP) is 3.39. The predicted molar refractivity (Wildman–Crippen MR) is 62.7 cm³/mol. The van der Waals surface area contributed by atoms with Crippen LogP contribution in [0.3, 0.4) is 0 Å². The van der Waals surface area contributed by atoms with Crippen LogP contribution in [0.5, 0.6) is 0 Å². The highest BCUT2D eigenvalue weighted by atomic mass is 19.1. The van der Waals surface area contributed by atoms with Crippen molar-refractivity contribution in [1.29, 1.82) is 0 Å². The molecule has 1 heterocycles. The van der Waals surface area contributed by atoms with Crippen molar-refractivity contribution in [2.45, 2.75) is 13.0 Å². The van der Waals surface area contributed by atoms with Crippen LogP contribution in [-0.2, 0) is 0 Å². The molecule has 0 aliphatic carbocycles. The van der Waals surface area contributed by atoms with Crippen LogP contribution >= 0.6 is 0 Å². The van der Waals surface area contributed by atoms with Gasteiger partial charge in [-0.05, 0) is 31.2 Å². The number of pyridine rings is 1. The molecular formula is C13H13FN2. The van der Waals surface area contributed by atoms with E-state index in [4.69, 9.17) is 0 Å². The van der Waals surface area contributed by atoms with Crippen molar-refractivity contribution in [3.8, 4) is 0 Å². The summed E-state index contributed by atoms with van der Waals surface area (Å²) in [6.07, 6.45) is 1.73. The van der Waals surface area contributed by atoms with Crippen molar-refractivity contribution in [1.82, 2.24) is 4.98 Å². The van der Waals surface area contributed by atoms with Crippen LogP contribution in [0.2, 0.25) is 0 Å². The Bertz CT molecular complexity index is 456. The normalized spacial score (nSPS) is 12.1. The maximum atomic E-state index is 13.4. The molecule has 1 aromatic heterocycles. The van der Waals surface area contributed by atoms with Crippen molar-refractivity contribution in [3.63, 3.8) is 0 Å². The van der Waals surface area contributed by atoms with Gasteiger partial charge in [0.2, 0.25) is 0 Å². The highest BCUT2D eigenvalue weighted by Gasteiger charge is 2.08. The van der Waals surface area contributed by atoms with Crippen LogP contribution in [0.15, 0.2) is 48.7 Å². The van der Waals surface area contributed by atoms with Gasteiger partial charge in [-0.25, -0.2) is 4.39 Å². The van der Waals surface area contributed by atoms with Gasteiger partial charge < -0.3 is 5.32 Å². The lowest BCUT2D eigenvalue weighted by Crippen LogP contribution is -2.09. The highest BCUT2D eigenvalue weighted by Crippen LogP contribution is 2.19. The van der Waals surface area contributed by atoms with Gasteiger partial charge in [-0.1, -0.05) is 18.2 Å². The number of aromatic nitrogens is 1. The summed E-state index contributed by atoms with van der Waals surface area (Å²) >= 11 is 0. The van der Waals surface area contributed by atoms with Gasteiger partial charge in [-0.15, -0.1) is 0 Å². The first-order valence-electron chi connectivity index (χ1n) is 5.19. The van der Waals surface area contributed by atoms with Crippen molar-refractivity contribution < 1.29 is 4.39 Å². The van der Waals surface area contributed by atoms with Crippen LogP contribution in [0.4, 0.5) is 10.1 Å². The van der Waals surface area contributed by atoms with E-state index < -0.39 is 0 Å². The first kappa shape index (κ1) is 10.6. The van der Waals surface area contributed by atoms with Gasteiger partial charge in [-0.2, -0.15) is 0 Å². The van der Waals surface area contributed by atoms with Gasteiger partial charge in [-0.3, -0.25) is 4.98 Å². The molecule has 0 aliphatic heterocycles. The lowest BCUT2D eigenvalue weighted by molar-refractivity contribution is 0.627. The fraction of sp³-hybridized carbons (Fsp3) is 0.154. The minimum absolute atomic E-state index is 0.0156. The van der Waals surface area contributed by atoms with E-state index in [1.807, 2.05) is 25.1 Å². The maximum Gasteiger partial charge on any atom is 0.146 e. The second-order valence-corrected chi connectivity index (χ2v) is 3.60. The summed E-state index contributed by atoms with van der Waals surface area (Å²) in [6.45, 7) is 1.95. The van der Waals surface area contributed by atoms with E-state index in [1.54, 1.807) is 24.4 Å². The van der Waals surface area contributed by atoms with Gasteiger partial charge in [0, 0.05) is 6.20 Å². The smallest absolute Gasteiger partial charge is 0.146 e. The number of nitrogens with zero attached hydrogens (tertiary/aromatic N) is 1. The molecule has 0 saturated carbocycles. The van der Waals surface area contributed by atoms with Gasteiger partial charge in [0.25, 0.3) is 0 Å². The van der Waals surface area contributed by atoms with E-state index in [1.165, 1.54) is 6.07 Å². The van der Waals surface area contributed by atoms with Crippen LogP contribution in [0.1, 0.15) is 18.7 Å². The molecule has 2 aromatic rings. The average molecular weight is 216 g/mol. The first-order valence-corrected chi connectivity index (χ1v) is 5.19. The molecule has 2 rings (SSSR count). The second-order valence-electron chi connectivity index (χ2n) is 3.60. The van der Waals surface area contributed by atoms with Crippen LogP contribution in [0.25, 0.3) is 0 Å². The molecule has 82 valence electrons. The Hall–Kier alpha value is -1.90. The number of rotatable bonds is 3. The summed E-state index contributed by atoms with van der Waals surface area (Å²) in [5.74, 6) is -0.245. The molecule has 2 nitrogen and oxygen atoms in total. The molecule has 0 spiro atoms. The molecule has 16 heavy (non-hydrogen) atoms. The Labute approximate surface area is 94.2 Å². The molecule has 3 heteroatoms. The minimum atomic E-state index is -0.245. The Morgan fingerprint density at radius 3 is 2.56 bits per heavy atom. The number of para-hydroxylation sites is 1. The molecular weight excluding hydrogens is 203 g/mol. The summed E-state index contributed by atoms with van der Waals surface area (Å²) < 4.78 is 13.4. The van der Waals surface area contributed by atoms with Crippen molar-refractivity contribution in [2.75, 3.05) is 5.32 Å². The van der Waals surface area contributed by atoms with Gasteiger partial charge in [0.1, 0.15) is 5.82 Å². The quantitative estimate of drug-likeness (QED) is 0.850. The lowest BCUT2D eigenvalue weighted by Gasteiger charge is -2.14. The van der Waals surface area contributed by atoms with E-state index >= 15 is 0 Å². The molecule has 0 amide bonds. The first-order chi connectivity index (χ1) is 7.77. The monoisotopic (exact) mass is 216 g/mol. The van der Waals surface area contributed by atoms with E-state index in [0.29, 0.717) is 5.69 Å². The highest BCUT2D eigenvalue weighted by molar-refractivity contribution is 5.45. The number of hydrogen-bond donors (Lipinski definition) is 1. The van der Waals surface area contributed by atoms with E-state index in [-0.39, 0.29) is 11.9 Å². The Morgan fingerprint density at radius 2 is 1.88 bits per heavy atom. The van der Waals surface area contributed by atoms with Crippen LogP contribution < -0.4 is 5.32 Å². The third-order valence-electron chi connectivity index (χ3n) is 2.38. The summed E-state index contributed by atoms with van der Waals surface area (Å²) in [5.41, 5.74) is 1.39. The molecule has 1 atom stereocenters. The van der Waals surface area contributed by atoms with Crippen molar-refractivity contribution in [2.24, 2.45) is 0 Å². The average Bonchev–Trinajstić information content (AvgIpc) is 2.33. The summed E-state index contributed by atoms with van der Waals surface area (Å²) in [6, 6.07) is 12.3. The van der Waals surface area contributed by atoms with Gasteiger partial charge >= 0.3 is 0 Å². The number of halogens is 1. The minimum Gasteiger partial charge on any atom is -0.375 e. The van der Waals surface area contributed by atoms with Gasteiger partial charge in [0.15, 0.2) is 0 Å². The standard InChI is InChI=1S/C13H13FN2/c1-10(12-7-4-5-9-15-12)16-13-8-3-2-6-11(13)14/h2-10,16H,1H3. The van der Waals surface area contributed by atoms with E-state index in [9.17, 15) is 4.39 Å². The topological polar surface area (TPSA) is 24.9 Å². The molecule has 1 N–H and O–H groups in total. The number of nitrogens with one attached hydrogen (secondary N) is 1. The second kappa shape index (κ2) is 4.75. The fourth-order valence-electron chi connectivity index (χ4n) is 1.52. The summed E-state index contributed by atoms with van der Waals surface area (Å²) in [5, 5.41) is 3.09. The van der Waals surface area contributed by atoms with Crippen molar-refractivity contribution >= 4 is 5.69 Å². The molecule has 0 fully saturated rings. The van der Waals surface area contributed by atoms with Gasteiger partial charge in [0.05, 0.1) is 17.4 Å². The lowest BCUT2D eigenvalue weighted by atomic mass is 10.2. The van der Waals surface area contributed by atoms with E-state index in [0.717, 1.165) is 5.69 Å². The van der Waals surface area contributed by atoms with E-state index in [2.05, 4.69) is 10.3 Å². The van der Waals surface area contributed by atoms with Crippen LogP contribution in [0, 0.1) is 5.82 Å². The third-order valence-corrected chi connectivity index (χ3v) is 2.38. The Kier molecular flexibility index (Phi) is 3.15. The zero-order valence-electron chi connectivity index (χ0n) is 9.02. The Balaban J connectivity index is 2.14. The maximum absolute atomic E-state index is 13.4. The fourth-order valence-corrected chi connectivity index (χ4v) is 1.52. The largest absolute Gasteiger partial charge is 0.375 e. The zero-order valence-corrected chi connectivity index (χ0v) is 9.02. The number of anilines is 1.